The molecule has 0 aromatic heterocycles. The molecule has 0 radical (unpaired) electrons. The summed E-state index contributed by atoms with van der Waals surface area (Å²) in [4.78, 5) is 12.1. The van der Waals surface area contributed by atoms with Crippen molar-refractivity contribution in [3.8, 4) is 0 Å². The lowest BCUT2D eigenvalue weighted by molar-refractivity contribution is 0.0940. The standard InChI is InChI=1S/C16H21FINO/c1-2-11-3-5-12(6-4-11)10-19-16(20)14-8-7-13(17)9-15(14)18/h7-9,11-12H,2-6,10H2,1H3,(H,19,20). The van der Waals surface area contributed by atoms with Gasteiger partial charge in [-0.05, 0) is 65.5 Å². The van der Waals surface area contributed by atoms with Crippen LogP contribution in [0.5, 0.6) is 0 Å². The highest BCUT2D eigenvalue weighted by Crippen LogP contribution is 2.30. The van der Waals surface area contributed by atoms with Crippen LogP contribution in [-0.2, 0) is 0 Å². The Morgan fingerprint density at radius 1 is 1.30 bits per heavy atom. The fourth-order valence-electron chi connectivity index (χ4n) is 2.85. The van der Waals surface area contributed by atoms with Crippen molar-refractivity contribution < 1.29 is 9.18 Å². The van der Waals surface area contributed by atoms with Gasteiger partial charge in [-0.15, -0.1) is 0 Å². The van der Waals surface area contributed by atoms with Crippen molar-refractivity contribution in [2.24, 2.45) is 11.8 Å². The SMILES string of the molecule is CCC1CCC(CNC(=O)c2ccc(F)cc2I)CC1. The van der Waals surface area contributed by atoms with Crippen LogP contribution in [0.1, 0.15) is 49.4 Å². The number of hydrogen-bond donors (Lipinski definition) is 1. The summed E-state index contributed by atoms with van der Waals surface area (Å²) in [5, 5.41) is 3.00. The molecule has 0 aliphatic heterocycles. The number of hydrogen-bond acceptors (Lipinski definition) is 1. The van der Waals surface area contributed by atoms with Crippen LogP contribution in [0.25, 0.3) is 0 Å². The first kappa shape index (κ1) is 15.7. The van der Waals surface area contributed by atoms with Crippen LogP contribution in [0.3, 0.4) is 0 Å². The van der Waals surface area contributed by atoms with Gasteiger partial charge in [0.25, 0.3) is 5.91 Å². The highest BCUT2D eigenvalue weighted by molar-refractivity contribution is 14.1. The molecule has 1 aromatic carbocycles. The minimum atomic E-state index is -0.302. The third kappa shape index (κ3) is 4.17. The van der Waals surface area contributed by atoms with Crippen molar-refractivity contribution in [3.63, 3.8) is 0 Å². The fraction of sp³-hybridized carbons (Fsp3) is 0.562. The van der Waals surface area contributed by atoms with Crippen LogP contribution in [0.2, 0.25) is 0 Å². The number of halogens is 2. The van der Waals surface area contributed by atoms with Crippen LogP contribution in [0.4, 0.5) is 4.39 Å². The average molecular weight is 389 g/mol. The summed E-state index contributed by atoms with van der Waals surface area (Å²) in [5.41, 5.74) is 0.564. The molecule has 1 amide bonds. The fourth-order valence-corrected chi connectivity index (χ4v) is 3.57. The molecule has 0 spiro atoms. The third-order valence-electron chi connectivity index (χ3n) is 4.27. The first-order valence-electron chi connectivity index (χ1n) is 7.33. The van der Waals surface area contributed by atoms with Crippen molar-refractivity contribution in [2.75, 3.05) is 6.54 Å². The van der Waals surface area contributed by atoms with Crippen molar-refractivity contribution in [3.05, 3.63) is 33.1 Å². The maximum Gasteiger partial charge on any atom is 0.252 e. The molecular formula is C16H21FINO. The normalized spacial score (nSPS) is 22.6. The van der Waals surface area contributed by atoms with Gasteiger partial charge >= 0.3 is 0 Å². The number of carbonyl (C=O) groups excluding carboxylic acids is 1. The van der Waals surface area contributed by atoms with Gasteiger partial charge in [-0.3, -0.25) is 4.79 Å². The van der Waals surface area contributed by atoms with E-state index in [0.717, 1.165) is 12.5 Å². The summed E-state index contributed by atoms with van der Waals surface area (Å²) < 4.78 is 13.7. The van der Waals surface area contributed by atoms with E-state index in [0.29, 0.717) is 15.1 Å². The summed E-state index contributed by atoms with van der Waals surface area (Å²) in [7, 11) is 0. The average Bonchev–Trinajstić information content (AvgIpc) is 2.45. The molecule has 0 bridgehead atoms. The van der Waals surface area contributed by atoms with Gasteiger partial charge in [0.15, 0.2) is 0 Å². The Kier molecular flexibility index (Phi) is 5.81. The molecule has 0 heterocycles. The zero-order chi connectivity index (χ0) is 14.5. The molecule has 1 aliphatic rings. The van der Waals surface area contributed by atoms with Gasteiger partial charge in [-0.25, -0.2) is 4.39 Å². The second-order valence-corrected chi connectivity index (χ2v) is 6.79. The molecule has 0 saturated heterocycles. The maximum atomic E-state index is 13.0. The van der Waals surface area contributed by atoms with Crippen molar-refractivity contribution in [1.29, 1.82) is 0 Å². The Labute approximate surface area is 133 Å². The van der Waals surface area contributed by atoms with E-state index in [1.165, 1.54) is 44.2 Å². The molecule has 1 fully saturated rings. The zero-order valence-electron chi connectivity index (χ0n) is 11.8. The highest BCUT2D eigenvalue weighted by atomic mass is 127. The van der Waals surface area contributed by atoms with Gasteiger partial charge in [0.2, 0.25) is 0 Å². The van der Waals surface area contributed by atoms with E-state index in [1.54, 1.807) is 6.07 Å². The maximum absolute atomic E-state index is 13.0. The highest BCUT2D eigenvalue weighted by Gasteiger charge is 2.20. The minimum absolute atomic E-state index is 0.0907. The Balaban J connectivity index is 1.83. The Hall–Kier alpha value is -0.650. The first-order valence-corrected chi connectivity index (χ1v) is 8.41. The monoisotopic (exact) mass is 389 g/mol. The molecule has 110 valence electrons. The molecule has 2 nitrogen and oxygen atoms in total. The molecule has 0 unspecified atom stereocenters. The van der Waals surface area contributed by atoms with E-state index >= 15 is 0 Å². The minimum Gasteiger partial charge on any atom is -0.352 e. The van der Waals surface area contributed by atoms with E-state index < -0.39 is 0 Å². The second-order valence-electron chi connectivity index (χ2n) is 5.63. The predicted molar refractivity (Wildman–Crippen MR) is 87.2 cm³/mol. The van der Waals surface area contributed by atoms with Crippen molar-refractivity contribution >= 4 is 28.5 Å². The van der Waals surface area contributed by atoms with Gasteiger partial charge < -0.3 is 5.32 Å². The van der Waals surface area contributed by atoms with Crippen LogP contribution >= 0.6 is 22.6 Å². The molecule has 2 rings (SSSR count). The van der Waals surface area contributed by atoms with Crippen LogP contribution in [-0.4, -0.2) is 12.5 Å². The summed E-state index contributed by atoms with van der Waals surface area (Å²) in [6.45, 7) is 2.99. The topological polar surface area (TPSA) is 29.1 Å². The van der Waals surface area contributed by atoms with Crippen molar-refractivity contribution in [1.82, 2.24) is 5.32 Å². The second kappa shape index (κ2) is 7.38. The molecule has 4 heteroatoms. The van der Waals surface area contributed by atoms with Crippen LogP contribution < -0.4 is 5.32 Å². The molecule has 0 atom stereocenters. The van der Waals surface area contributed by atoms with E-state index in [4.69, 9.17) is 0 Å². The zero-order valence-corrected chi connectivity index (χ0v) is 14.0. The Morgan fingerprint density at radius 3 is 2.55 bits per heavy atom. The Morgan fingerprint density at radius 2 is 1.95 bits per heavy atom. The van der Waals surface area contributed by atoms with E-state index in [2.05, 4.69) is 12.2 Å². The number of amides is 1. The third-order valence-corrected chi connectivity index (χ3v) is 5.16. The molecule has 1 aliphatic carbocycles. The summed E-state index contributed by atoms with van der Waals surface area (Å²) in [6, 6.07) is 4.28. The molecule has 1 N–H and O–H groups in total. The van der Waals surface area contributed by atoms with E-state index in [9.17, 15) is 9.18 Å². The summed E-state index contributed by atoms with van der Waals surface area (Å²) >= 11 is 2.00. The van der Waals surface area contributed by atoms with E-state index in [1.807, 2.05) is 22.6 Å². The van der Waals surface area contributed by atoms with Crippen molar-refractivity contribution in [2.45, 2.75) is 39.0 Å². The van der Waals surface area contributed by atoms with Gasteiger partial charge in [0, 0.05) is 10.1 Å². The van der Waals surface area contributed by atoms with Gasteiger partial charge in [-0.2, -0.15) is 0 Å². The summed E-state index contributed by atoms with van der Waals surface area (Å²) in [5.74, 6) is 1.08. The van der Waals surface area contributed by atoms with Gasteiger partial charge in [0.1, 0.15) is 5.82 Å². The number of nitrogens with one attached hydrogen (secondary N) is 1. The number of rotatable bonds is 4. The smallest absolute Gasteiger partial charge is 0.252 e. The number of benzene rings is 1. The lowest BCUT2D eigenvalue weighted by Gasteiger charge is -2.27. The molecular weight excluding hydrogens is 368 g/mol. The van der Waals surface area contributed by atoms with E-state index in [-0.39, 0.29) is 11.7 Å². The lowest BCUT2D eigenvalue weighted by atomic mass is 9.81. The first-order chi connectivity index (χ1) is 9.60. The summed E-state index contributed by atoms with van der Waals surface area (Å²) in [6.07, 6.45) is 6.25. The lowest BCUT2D eigenvalue weighted by Crippen LogP contribution is -2.31. The Bertz CT molecular complexity index is 470. The van der Waals surface area contributed by atoms with Gasteiger partial charge in [-0.1, -0.05) is 26.2 Å². The number of carbonyl (C=O) groups is 1. The van der Waals surface area contributed by atoms with Crippen LogP contribution in [0.15, 0.2) is 18.2 Å². The largest absolute Gasteiger partial charge is 0.352 e. The molecule has 1 aromatic rings. The van der Waals surface area contributed by atoms with Gasteiger partial charge in [0.05, 0.1) is 5.56 Å². The van der Waals surface area contributed by atoms with Crippen LogP contribution in [0, 0.1) is 21.2 Å². The predicted octanol–water partition coefficient (Wildman–Crippen LogP) is 4.38. The quantitative estimate of drug-likeness (QED) is 0.762. The molecule has 1 saturated carbocycles. The molecule has 20 heavy (non-hydrogen) atoms.